The highest BCUT2D eigenvalue weighted by atomic mass is 16.6. The number of methoxy groups -OCH3 is 1. The number of nitrogens with zero attached hydrogens (tertiary/aromatic N) is 1. The van der Waals surface area contributed by atoms with Crippen LogP contribution < -0.4 is 0 Å². The number of unbranched alkanes of at least 4 members (excludes halogenated alkanes) is 1. The van der Waals surface area contributed by atoms with Crippen molar-refractivity contribution in [1.29, 1.82) is 0 Å². The first kappa shape index (κ1) is 18.9. The third kappa shape index (κ3) is 6.34. The lowest BCUT2D eigenvalue weighted by molar-refractivity contribution is -0.163. The van der Waals surface area contributed by atoms with Crippen molar-refractivity contribution in [3.8, 4) is 0 Å². The summed E-state index contributed by atoms with van der Waals surface area (Å²) in [7, 11) is 1.67. The van der Waals surface area contributed by atoms with Crippen molar-refractivity contribution in [3.63, 3.8) is 0 Å². The molecule has 5 nitrogen and oxygen atoms in total. The van der Waals surface area contributed by atoms with Crippen LogP contribution in [0.15, 0.2) is 0 Å². The Bertz CT molecular complexity index is 375. The molecule has 1 fully saturated rings. The van der Waals surface area contributed by atoms with E-state index in [4.69, 9.17) is 9.47 Å². The minimum absolute atomic E-state index is 0.136. The molecule has 0 bridgehead atoms. The average Bonchev–Trinajstić information content (AvgIpc) is 2.42. The highest BCUT2D eigenvalue weighted by Gasteiger charge is 2.34. The standard InChI is InChI=1S/C17H31NO4/c1-13-9-10-14(16(20)22-17(2,3)4)12-18(13)15(19)8-6-7-11-21-5/h13-14H,6-12H2,1-5H3. The molecule has 2 atom stereocenters. The minimum atomic E-state index is -0.477. The Kier molecular flexibility index (Phi) is 7.33. The van der Waals surface area contributed by atoms with Crippen LogP contribution in [0, 0.1) is 5.92 Å². The first-order chi connectivity index (χ1) is 10.2. The number of rotatable bonds is 6. The van der Waals surface area contributed by atoms with E-state index in [9.17, 15) is 9.59 Å². The van der Waals surface area contributed by atoms with Crippen molar-refractivity contribution in [1.82, 2.24) is 4.90 Å². The van der Waals surface area contributed by atoms with Crippen LogP contribution in [0.5, 0.6) is 0 Å². The Labute approximate surface area is 134 Å². The second-order valence-electron chi connectivity index (χ2n) is 7.15. The molecule has 5 heteroatoms. The molecule has 0 radical (unpaired) electrons. The second kappa shape index (κ2) is 8.51. The highest BCUT2D eigenvalue weighted by Crippen LogP contribution is 2.25. The molecule has 1 saturated heterocycles. The predicted octanol–water partition coefficient (Wildman–Crippen LogP) is 2.77. The van der Waals surface area contributed by atoms with Crippen LogP contribution in [-0.4, -0.2) is 48.7 Å². The Morgan fingerprint density at radius 2 is 1.86 bits per heavy atom. The Morgan fingerprint density at radius 3 is 2.45 bits per heavy atom. The summed E-state index contributed by atoms with van der Waals surface area (Å²) < 4.78 is 10.5. The van der Waals surface area contributed by atoms with Crippen LogP contribution >= 0.6 is 0 Å². The molecule has 1 amide bonds. The number of ether oxygens (including phenoxy) is 2. The maximum atomic E-state index is 12.4. The van der Waals surface area contributed by atoms with Gasteiger partial charge in [0, 0.05) is 32.7 Å². The summed E-state index contributed by atoms with van der Waals surface area (Å²) in [4.78, 5) is 26.4. The molecule has 0 spiro atoms. The van der Waals surface area contributed by atoms with Gasteiger partial charge in [0.25, 0.3) is 0 Å². The summed E-state index contributed by atoms with van der Waals surface area (Å²) >= 11 is 0. The fraction of sp³-hybridized carbons (Fsp3) is 0.882. The van der Waals surface area contributed by atoms with Gasteiger partial charge >= 0.3 is 5.97 Å². The third-order valence-corrected chi connectivity index (χ3v) is 3.93. The monoisotopic (exact) mass is 313 g/mol. The van der Waals surface area contributed by atoms with Gasteiger partial charge < -0.3 is 14.4 Å². The SMILES string of the molecule is COCCCCC(=O)N1CC(C(=O)OC(C)(C)C)CCC1C. The van der Waals surface area contributed by atoms with Crippen LogP contribution in [0.3, 0.4) is 0 Å². The molecule has 0 N–H and O–H groups in total. The van der Waals surface area contributed by atoms with Gasteiger partial charge in [-0.1, -0.05) is 0 Å². The lowest BCUT2D eigenvalue weighted by atomic mass is 9.92. The largest absolute Gasteiger partial charge is 0.460 e. The average molecular weight is 313 g/mol. The van der Waals surface area contributed by atoms with Crippen molar-refractivity contribution < 1.29 is 19.1 Å². The fourth-order valence-electron chi connectivity index (χ4n) is 2.70. The van der Waals surface area contributed by atoms with E-state index in [0.29, 0.717) is 19.6 Å². The quantitative estimate of drug-likeness (QED) is 0.559. The smallest absolute Gasteiger partial charge is 0.311 e. The third-order valence-electron chi connectivity index (χ3n) is 3.93. The number of likely N-dealkylation sites (tertiary alicyclic amines) is 1. The van der Waals surface area contributed by atoms with E-state index in [1.807, 2.05) is 25.7 Å². The minimum Gasteiger partial charge on any atom is -0.460 e. The second-order valence-corrected chi connectivity index (χ2v) is 7.15. The van der Waals surface area contributed by atoms with Crippen LogP contribution in [0.25, 0.3) is 0 Å². The van der Waals surface area contributed by atoms with Crippen molar-refractivity contribution in [2.75, 3.05) is 20.3 Å². The Morgan fingerprint density at radius 1 is 1.18 bits per heavy atom. The zero-order valence-electron chi connectivity index (χ0n) is 14.7. The topological polar surface area (TPSA) is 55.8 Å². The highest BCUT2D eigenvalue weighted by molar-refractivity contribution is 5.79. The Hall–Kier alpha value is -1.10. The molecule has 0 aromatic rings. The van der Waals surface area contributed by atoms with E-state index < -0.39 is 5.60 Å². The summed E-state index contributed by atoms with van der Waals surface area (Å²) in [5.74, 6) is -0.244. The first-order valence-corrected chi connectivity index (χ1v) is 8.26. The number of carbonyl (C=O) groups excluding carboxylic acids is 2. The van der Waals surface area contributed by atoms with E-state index >= 15 is 0 Å². The van der Waals surface area contributed by atoms with Gasteiger partial charge in [-0.25, -0.2) is 0 Å². The Balaban J connectivity index is 2.52. The van der Waals surface area contributed by atoms with Gasteiger partial charge in [0.05, 0.1) is 5.92 Å². The number of hydrogen-bond donors (Lipinski definition) is 0. The summed E-state index contributed by atoms with van der Waals surface area (Å²) in [6, 6.07) is 0.202. The lowest BCUT2D eigenvalue weighted by Crippen LogP contribution is -2.48. The van der Waals surface area contributed by atoms with Gasteiger partial charge in [0.15, 0.2) is 0 Å². The summed E-state index contributed by atoms with van der Waals surface area (Å²) in [6.07, 6.45) is 3.89. The van der Waals surface area contributed by atoms with Crippen molar-refractivity contribution in [2.45, 2.75) is 71.4 Å². The van der Waals surface area contributed by atoms with Gasteiger partial charge in [-0.3, -0.25) is 9.59 Å². The van der Waals surface area contributed by atoms with E-state index in [-0.39, 0.29) is 23.8 Å². The first-order valence-electron chi connectivity index (χ1n) is 8.26. The normalized spacial score (nSPS) is 22.5. The molecule has 2 unspecified atom stereocenters. The molecule has 128 valence electrons. The number of carbonyl (C=O) groups is 2. The number of piperidine rings is 1. The fourth-order valence-corrected chi connectivity index (χ4v) is 2.70. The zero-order chi connectivity index (χ0) is 16.8. The predicted molar refractivity (Wildman–Crippen MR) is 85.5 cm³/mol. The molecule has 1 aliphatic heterocycles. The van der Waals surface area contributed by atoms with Gasteiger partial charge in [0.1, 0.15) is 5.60 Å². The summed E-state index contributed by atoms with van der Waals surface area (Å²) in [5.41, 5.74) is -0.477. The molecule has 22 heavy (non-hydrogen) atoms. The molecule has 1 rings (SSSR count). The van der Waals surface area contributed by atoms with Crippen LogP contribution in [-0.2, 0) is 19.1 Å². The van der Waals surface area contributed by atoms with Crippen LogP contribution in [0.1, 0.15) is 59.8 Å². The maximum absolute atomic E-state index is 12.4. The van der Waals surface area contributed by atoms with E-state index in [1.165, 1.54) is 0 Å². The lowest BCUT2D eigenvalue weighted by Gasteiger charge is -2.38. The molecule has 0 saturated carbocycles. The molecule has 0 aliphatic carbocycles. The summed E-state index contributed by atoms with van der Waals surface area (Å²) in [6.45, 7) is 8.83. The van der Waals surface area contributed by atoms with Crippen molar-refractivity contribution in [3.05, 3.63) is 0 Å². The van der Waals surface area contributed by atoms with Crippen molar-refractivity contribution in [2.24, 2.45) is 5.92 Å². The number of esters is 1. The molecule has 1 heterocycles. The van der Waals surface area contributed by atoms with Crippen molar-refractivity contribution >= 4 is 11.9 Å². The maximum Gasteiger partial charge on any atom is 0.311 e. The van der Waals surface area contributed by atoms with Gasteiger partial charge in [-0.2, -0.15) is 0 Å². The van der Waals surface area contributed by atoms with E-state index in [0.717, 1.165) is 25.7 Å². The van der Waals surface area contributed by atoms with Gasteiger partial charge in [-0.05, 0) is 53.4 Å². The number of hydrogen-bond acceptors (Lipinski definition) is 4. The molecule has 0 aromatic carbocycles. The molecular formula is C17H31NO4. The van der Waals surface area contributed by atoms with Gasteiger partial charge in [-0.15, -0.1) is 0 Å². The number of amides is 1. The van der Waals surface area contributed by atoms with Gasteiger partial charge in [0.2, 0.25) is 5.91 Å². The summed E-state index contributed by atoms with van der Waals surface area (Å²) in [5, 5.41) is 0. The molecular weight excluding hydrogens is 282 g/mol. The zero-order valence-corrected chi connectivity index (χ0v) is 14.7. The van der Waals surface area contributed by atoms with Crippen LogP contribution in [0.2, 0.25) is 0 Å². The van der Waals surface area contributed by atoms with E-state index in [2.05, 4.69) is 6.92 Å². The molecule has 0 aromatic heterocycles. The molecule has 1 aliphatic rings. The van der Waals surface area contributed by atoms with E-state index in [1.54, 1.807) is 7.11 Å². The van der Waals surface area contributed by atoms with Crippen LogP contribution in [0.4, 0.5) is 0 Å².